The second kappa shape index (κ2) is 9.26. The van der Waals surface area contributed by atoms with Crippen molar-refractivity contribution in [3.8, 4) is 45.5 Å². The summed E-state index contributed by atoms with van der Waals surface area (Å²) in [6.45, 7) is 0. The molecule has 0 atom stereocenters. The van der Waals surface area contributed by atoms with E-state index in [1.807, 2.05) is 36.4 Å². The molecule has 0 N–H and O–H groups in total. The molecular formula is C35H21N3OS. The smallest absolute Gasteiger partial charge is 0.199 e. The van der Waals surface area contributed by atoms with Crippen molar-refractivity contribution < 1.29 is 4.42 Å². The predicted octanol–water partition coefficient (Wildman–Crippen LogP) is 9.65. The molecule has 0 aliphatic heterocycles. The van der Waals surface area contributed by atoms with Crippen molar-refractivity contribution in [1.29, 1.82) is 0 Å². The second-order valence-electron chi connectivity index (χ2n) is 9.68. The summed E-state index contributed by atoms with van der Waals surface area (Å²) in [5.74, 6) is 2.37. The fourth-order valence-electron chi connectivity index (χ4n) is 5.19. The molecule has 4 nitrogen and oxygen atoms in total. The normalized spacial score (nSPS) is 11.5. The van der Waals surface area contributed by atoms with Gasteiger partial charge in [-0.3, -0.25) is 0 Å². The molecule has 188 valence electrons. The third-order valence-corrected chi connectivity index (χ3v) is 8.40. The number of aromatic nitrogens is 3. The molecule has 0 bridgehead atoms. The minimum atomic E-state index is 0.515. The quantitative estimate of drug-likeness (QED) is 0.227. The molecule has 5 heteroatoms. The number of thiophene rings is 1. The first kappa shape index (κ1) is 22.8. The van der Waals surface area contributed by atoms with E-state index in [-0.39, 0.29) is 0 Å². The first-order valence-corrected chi connectivity index (χ1v) is 13.9. The molecule has 3 aromatic heterocycles. The van der Waals surface area contributed by atoms with Crippen LogP contribution in [-0.4, -0.2) is 15.0 Å². The number of rotatable bonds is 4. The summed E-state index contributed by atoms with van der Waals surface area (Å²) < 4.78 is 8.60. The van der Waals surface area contributed by atoms with Crippen LogP contribution in [-0.2, 0) is 0 Å². The van der Waals surface area contributed by atoms with E-state index >= 15 is 0 Å². The van der Waals surface area contributed by atoms with Crippen LogP contribution in [0.3, 0.4) is 0 Å². The Morgan fingerprint density at radius 3 is 2.05 bits per heavy atom. The van der Waals surface area contributed by atoms with Crippen LogP contribution in [0.4, 0.5) is 0 Å². The molecule has 3 heterocycles. The summed E-state index contributed by atoms with van der Waals surface area (Å²) in [7, 11) is 0. The Morgan fingerprint density at radius 1 is 0.500 bits per heavy atom. The van der Waals surface area contributed by atoms with Gasteiger partial charge in [0.2, 0.25) is 0 Å². The zero-order valence-corrected chi connectivity index (χ0v) is 22.1. The van der Waals surface area contributed by atoms with Gasteiger partial charge >= 0.3 is 0 Å². The number of fused-ring (bicyclic) bond motifs is 4. The molecule has 0 spiro atoms. The SMILES string of the molecule is c1ccc(-c2ccc(-c3nc(-c4cc5ccccc5o4)nc(-c4cccc5c4sc4ccccc45)n3)cc2)cc1. The van der Waals surface area contributed by atoms with Crippen LogP contribution < -0.4 is 0 Å². The maximum Gasteiger partial charge on any atom is 0.199 e. The number of hydrogen-bond donors (Lipinski definition) is 0. The van der Waals surface area contributed by atoms with Crippen molar-refractivity contribution in [3.05, 3.63) is 127 Å². The molecule has 0 radical (unpaired) electrons. The predicted molar refractivity (Wildman–Crippen MR) is 164 cm³/mol. The molecule has 8 rings (SSSR count). The molecule has 0 saturated heterocycles. The number of nitrogens with zero attached hydrogens (tertiary/aromatic N) is 3. The van der Waals surface area contributed by atoms with Crippen LogP contribution in [0.25, 0.3) is 76.6 Å². The van der Waals surface area contributed by atoms with E-state index in [1.54, 1.807) is 11.3 Å². The monoisotopic (exact) mass is 531 g/mol. The Morgan fingerprint density at radius 2 is 1.18 bits per heavy atom. The van der Waals surface area contributed by atoms with Crippen molar-refractivity contribution in [2.24, 2.45) is 0 Å². The number of furan rings is 1. The first-order valence-electron chi connectivity index (χ1n) is 13.1. The molecule has 0 saturated carbocycles. The second-order valence-corrected chi connectivity index (χ2v) is 10.7. The maximum atomic E-state index is 6.20. The van der Waals surface area contributed by atoms with Gasteiger partial charge in [0.15, 0.2) is 23.2 Å². The van der Waals surface area contributed by atoms with E-state index in [4.69, 9.17) is 19.4 Å². The standard InChI is InChI=1S/C35H21N3OS/c1-2-9-22(10-3-1)23-17-19-24(20-18-23)33-36-34(38-35(37-33)30-21-25-11-4-6-15-29(25)39-30)28-14-8-13-27-26-12-5-7-16-31(26)40-32(27)28/h1-21H. The van der Waals surface area contributed by atoms with E-state index in [0.29, 0.717) is 23.2 Å². The van der Waals surface area contributed by atoms with Crippen LogP contribution in [0.15, 0.2) is 132 Å². The van der Waals surface area contributed by atoms with E-state index in [9.17, 15) is 0 Å². The lowest BCUT2D eigenvalue weighted by Gasteiger charge is -2.08. The van der Waals surface area contributed by atoms with E-state index in [0.717, 1.165) is 32.4 Å². The fourth-order valence-corrected chi connectivity index (χ4v) is 6.41. The van der Waals surface area contributed by atoms with Gasteiger partial charge in [0.05, 0.1) is 0 Å². The Kier molecular flexibility index (Phi) is 5.28. The van der Waals surface area contributed by atoms with Crippen LogP contribution in [0.5, 0.6) is 0 Å². The molecule has 0 amide bonds. The Hall–Kier alpha value is -5.13. The molecule has 5 aromatic carbocycles. The first-order chi connectivity index (χ1) is 19.8. The highest BCUT2D eigenvalue weighted by atomic mass is 32.1. The van der Waals surface area contributed by atoms with Gasteiger partial charge in [0.1, 0.15) is 5.58 Å². The lowest BCUT2D eigenvalue weighted by molar-refractivity contribution is 0.625. The molecule has 8 aromatic rings. The largest absolute Gasteiger partial charge is 0.453 e. The van der Waals surface area contributed by atoms with E-state index in [2.05, 4.69) is 91.0 Å². The third-order valence-electron chi connectivity index (χ3n) is 7.18. The van der Waals surface area contributed by atoms with Crippen LogP contribution >= 0.6 is 11.3 Å². The van der Waals surface area contributed by atoms with Crippen molar-refractivity contribution in [2.75, 3.05) is 0 Å². The lowest BCUT2D eigenvalue weighted by atomic mass is 10.0. The molecular weight excluding hydrogens is 510 g/mol. The van der Waals surface area contributed by atoms with Gasteiger partial charge in [-0.25, -0.2) is 15.0 Å². The van der Waals surface area contributed by atoms with Crippen molar-refractivity contribution in [2.45, 2.75) is 0 Å². The zero-order chi connectivity index (χ0) is 26.5. The highest BCUT2D eigenvalue weighted by Gasteiger charge is 2.18. The van der Waals surface area contributed by atoms with Gasteiger partial charge in [-0.15, -0.1) is 11.3 Å². The molecule has 0 fully saturated rings. The highest BCUT2D eigenvalue weighted by Crippen LogP contribution is 2.39. The summed E-state index contributed by atoms with van der Waals surface area (Å²) in [6.07, 6.45) is 0. The molecule has 0 aliphatic rings. The van der Waals surface area contributed by atoms with Crippen molar-refractivity contribution >= 4 is 42.5 Å². The van der Waals surface area contributed by atoms with Crippen molar-refractivity contribution in [1.82, 2.24) is 15.0 Å². The minimum Gasteiger partial charge on any atom is -0.453 e. The number of para-hydroxylation sites is 1. The summed E-state index contributed by atoms with van der Waals surface area (Å²) in [5, 5.41) is 3.46. The van der Waals surface area contributed by atoms with Crippen molar-refractivity contribution in [3.63, 3.8) is 0 Å². The fraction of sp³-hybridized carbons (Fsp3) is 0. The van der Waals surface area contributed by atoms with E-state index < -0.39 is 0 Å². The summed E-state index contributed by atoms with van der Waals surface area (Å²) in [5.41, 5.74) is 5.03. The summed E-state index contributed by atoms with van der Waals surface area (Å²) in [6, 6.07) is 43.5. The summed E-state index contributed by atoms with van der Waals surface area (Å²) in [4.78, 5) is 14.9. The van der Waals surface area contributed by atoms with Crippen LogP contribution in [0.1, 0.15) is 0 Å². The Bertz CT molecular complexity index is 2130. The van der Waals surface area contributed by atoms with Gasteiger partial charge in [0.25, 0.3) is 0 Å². The van der Waals surface area contributed by atoms with Crippen LogP contribution in [0.2, 0.25) is 0 Å². The van der Waals surface area contributed by atoms with E-state index in [1.165, 1.54) is 21.0 Å². The average molecular weight is 532 g/mol. The van der Waals surface area contributed by atoms with Gasteiger partial charge in [0, 0.05) is 36.7 Å². The van der Waals surface area contributed by atoms with Gasteiger partial charge in [-0.1, -0.05) is 103 Å². The zero-order valence-electron chi connectivity index (χ0n) is 21.3. The topological polar surface area (TPSA) is 51.8 Å². The van der Waals surface area contributed by atoms with Gasteiger partial charge in [-0.05, 0) is 35.4 Å². The minimum absolute atomic E-state index is 0.515. The molecule has 0 aliphatic carbocycles. The highest BCUT2D eigenvalue weighted by molar-refractivity contribution is 7.26. The molecule has 0 unspecified atom stereocenters. The third kappa shape index (κ3) is 3.87. The number of hydrogen-bond acceptors (Lipinski definition) is 5. The summed E-state index contributed by atoms with van der Waals surface area (Å²) >= 11 is 1.77. The Labute approximate surface area is 234 Å². The maximum absolute atomic E-state index is 6.20. The number of benzene rings is 5. The molecule has 40 heavy (non-hydrogen) atoms. The Balaban J connectivity index is 1.33. The van der Waals surface area contributed by atoms with Gasteiger partial charge < -0.3 is 4.42 Å². The lowest BCUT2D eigenvalue weighted by Crippen LogP contribution is -1.99. The van der Waals surface area contributed by atoms with Gasteiger partial charge in [-0.2, -0.15) is 0 Å². The average Bonchev–Trinajstić information content (AvgIpc) is 3.63. The van der Waals surface area contributed by atoms with Crippen LogP contribution in [0, 0.1) is 0 Å².